The van der Waals surface area contributed by atoms with Crippen molar-refractivity contribution in [1.29, 1.82) is 0 Å². The normalized spacial score (nSPS) is 13.8. The van der Waals surface area contributed by atoms with Gasteiger partial charge in [-0.3, -0.25) is 10.1 Å². The van der Waals surface area contributed by atoms with Crippen LogP contribution < -0.4 is 10.6 Å². The van der Waals surface area contributed by atoms with E-state index >= 15 is 0 Å². The molecule has 142 valence electrons. The molecule has 1 aliphatic carbocycles. The molecular formula is C20H25N5O2. The van der Waals surface area contributed by atoms with E-state index in [2.05, 4.69) is 26.7 Å². The number of nitrogens with zero attached hydrogens (tertiary/aromatic N) is 3. The molecule has 0 saturated carbocycles. The monoisotopic (exact) mass is 367 g/mol. The largest absolute Gasteiger partial charge is 0.364 e. The highest BCUT2D eigenvalue weighted by Crippen LogP contribution is 2.32. The summed E-state index contributed by atoms with van der Waals surface area (Å²) in [7, 11) is 0. The average molecular weight is 367 g/mol. The number of rotatable bonds is 7. The van der Waals surface area contributed by atoms with Crippen molar-refractivity contribution in [1.82, 2.24) is 9.97 Å². The quantitative estimate of drug-likeness (QED) is 0.404. The van der Waals surface area contributed by atoms with Crippen molar-refractivity contribution in [2.45, 2.75) is 46.0 Å². The highest BCUT2D eigenvalue weighted by molar-refractivity contribution is 5.75. The fourth-order valence-electron chi connectivity index (χ4n) is 3.26. The molecule has 7 nitrogen and oxygen atoms in total. The Morgan fingerprint density at radius 3 is 2.74 bits per heavy atom. The summed E-state index contributed by atoms with van der Waals surface area (Å²) in [4.78, 5) is 19.5. The summed E-state index contributed by atoms with van der Waals surface area (Å²) in [6.07, 6.45) is 9.24. The van der Waals surface area contributed by atoms with E-state index in [1.54, 1.807) is 0 Å². The molecule has 1 aliphatic rings. The Morgan fingerprint density at radius 2 is 2.00 bits per heavy atom. The Kier molecular flexibility index (Phi) is 6.01. The molecule has 2 N–H and O–H groups in total. The number of aryl methyl sites for hydroxylation is 1. The molecule has 1 aromatic heterocycles. The van der Waals surface area contributed by atoms with Crippen LogP contribution in [0.3, 0.4) is 0 Å². The zero-order chi connectivity index (χ0) is 19.2. The lowest BCUT2D eigenvalue weighted by atomic mass is 9.97. The maximum Gasteiger partial charge on any atom is 0.353 e. The van der Waals surface area contributed by atoms with Gasteiger partial charge in [0.05, 0.1) is 4.92 Å². The summed E-state index contributed by atoms with van der Waals surface area (Å²) >= 11 is 0. The van der Waals surface area contributed by atoms with Crippen LogP contribution in [-0.4, -0.2) is 21.4 Å². The van der Waals surface area contributed by atoms with Crippen LogP contribution in [0.15, 0.2) is 36.2 Å². The summed E-state index contributed by atoms with van der Waals surface area (Å²) in [6.45, 7) is 4.59. The number of nitro groups is 1. The first-order chi connectivity index (χ1) is 13.1. The standard InChI is InChI=1S/C20H25N5O2/c1-14-7-6-10-17(15(14)2)24-20-18(25(26)27)19(22-13-23-20)21-12-11-16-8-4-3-5-9-16/h6-8,10,13H,3-5,9,11-12H2,1-2H3,(H2,21,22,23,24). The molecule has 0 atom stereocenters. The van der Waals surface area contributed by atoms with Crippen molar-refractivity contribution >= 4 is 23.0 Å². The number of hydrogen-bond acceptors (Lipinski definition) is 6. The Morgan fingerprint density at radius 1 is 1.19 bits per heavy atom. The second-order valence-electron chi connectivity index (χ2n) is 6.83. The zero-order valence-corrected chi connectivity index (χ0v) is 15.8. The van der Waals surface area contributed by atoms with E-state index in [1.165, 1.54) is 24.7 Å². The van der Waals surface area contributed by atoms with E-state index in [9.17, 15) is 10.1 Å². The molecule has 0 bridgehead atoms. The number of anilines is 3. The molecular weight excluding hydrogens is 342 g/mol. The highest BCUT2D eigenvalue weighted by Gasteiger charge is 2.23. The molecule has 0 aliphatic heterocycles. The predicted octanol–water partition coefficient (Wildman–Crippen LogP) is 5.05. The van der Waals surface area contributed by atoms with Gasteiger partial charge in [-0.2, -0.15) is 0 Å². The molecule has 0 spiro atoms. The third-order valence-electron chi connectivity index (χ3n) is 4.99. The molecule has 1 aromatic carbocycles. The number of allylic oxidation sites excluding steroid dienone is 1. The van der Waals surface area contributed by atoms with Gasteiger partial charge in [-0.1, -0.05) is 23.8 Å². The molecule has 27 heavy (non-hydrogen) atoms. The first kappa shape index (κ1) is 18.8. The van der Waals surface area contributed by atoms with Gasteiger partial charge in [0.2, 0.25) is 11.6 Å². The third-order valence-corrected chi connectivity index (χ3v) is 4.99. The molecule has 0 unspecified atom stereocenters. The minimum atomic E-state index is -0.435. The Labute approximate surface area is 159 Å². The van der Waals surface area contributed by atoms with Gasteiger partial charge < -0.3 is 10.6 Å². The SMILES string of the molecule is Cc1cccc(Nc2ncnc(NCCC3=CCCCC3)c2[N+](=O)[O-])c1C. The lowest BCUT2D eigenvalue weighted by molar-refractivity contribution is -0.383. The lowest BCUT2D eigenvalue weighted by Crippen LogP contribution is -2.10. The third kappa shape index (κ3) is 4.61. The van der Waals surface area contributed by atoms with Crippen LogP contribution in [-0.2, 0) is 0 Å². The van der Waals surface area contributed by atoms with Crippen molar-refractivity contribution in [3.05, 3.63) is 57.4 Å². The minimum absolute atomic E-state index is 0.129. The van der Waals surface area contributed by atoms with Crippen molar-refractivity contribution in [2.75, 3.05) is 17.2 Å². The summed E-state index contributed by atoms with van der Waals surface area (Å²) in [6, 6.07) is 5.80. The first-order valence-electron chi connectivity index (χ1n) is 9.30. The van der Waals surface area contributed by atoms with E-state index in [0.29, 0.717) is 6.54 Å². The minimum Gasteiger partial charge on any atom is -0.364 e. The van der Waals surface area contributed by atoms with Gasteiger partial charge in [-0.15, -0.1) is 0 Å². The topological polar surface area (TPSA) is 93.0 Å². The van der Waals surface area contributed by atoms with Gasteiger partial charge in [0, 0.05) is 12.2 Å². The van der Waals surface area contributed by atoms with Gasteiger partial charge >= 0.3 is 5.69 Å². The number of benzene rings is 1. The van der Waals surface area contributed by atoms with Crippen molar-refractivity contribution in [2.24, 2.45) is 0 Å². The Bertz CT molecular complexity index is 863. The van der Waals surface area contributed by atoms with Crippen LogP contribution in [0, 0.1) is 24.0 Å². The molecule has 0 amide bonds. The predicted molar refractivity (Wildman–Crippen MR) is 108 cm³/mol. The Balaban J connectivity index is 1.78. The highest BCUT2D eigenvalue weighted by atomic mass is 16.6. The maximum absolute atomic E-state index is 11.7. The summed E-state index contributed by atoms with van der Waals surface area (Å²) in [5.74, 6) is 0.447. The zero-order valence-electron chi connectivity index (χ0n) is 15.8. The molecule has 2 aromatic rings. The maximum atomic E-state index is 11.7. The van der Waals surface area contributed by atoms with Gasteiger partial charge in [-0.25, -0.2) is 9.97 Å². The lowest BCUT2D eigenvalue weighted by Gasteiger charge is -2.14. The smallest absolute Gasteiger partial charge is 0.353 e. The van der Waals surface area contributed by atoms with E-state index < -0.39 is 4.92 Å². The van der Waals surface area contributed by atoms with E-state index in [0.717, 1.165) is 36.1 Å². The van der Waals surface area contributed by atoms with Gasteiger partial charge in [0.15, 0.2) is 0 Å². The van der Waals surface area contributed by atoms with E-state index in [1.807, 2.05) is 32.0 Å². The van der Waals surface area contributed by atoms with Gasteiger partial charge in [0.25, 0.3) is 0 Å². The van der Waals surface area contributed by atoms with Crippen LogP contribution in [0.4, 0.5) is 23.0 Å². The van der Waals surface area contributed by atoms with Crippen LogP contribution in [0.5, 0.6) is 0 Å². The van der Waals surface area contributed by atoms with E-state index in [4.69, 9.17) is 0 Å². The second kappa shape index (κ2) is 8.62. The molecule has 1 heterocycles. The summed E-state index contributed by atoms with van der Waals surface area (Å²) in [5.41, 5.74) is 4.23. The molecule has 0 saturated heterocycles. The van der Waals surface area contributed by atoms with Crippen molar-refractivity contribution in [3.8, 4) is 0 Å². The molecule has 7 heteroatoms. The van der Waals surface area contributed by atoms with Crippen LogP contribution >= 0.6 is 0 Å². The fraction of sp³-hybridized carbons (Fsp3) is 0.400. The number of nitrogens with one attached hydrogen (secondary N) is 2. The number of aromatic nitrogens is 2. The molecule has 3 rings (SSSR count). The van der Waals surface area contributed by atoms with Crippen LogP contribution in [0.2, 0.25) is 0 Å². The average Bonchev–Trinajstić information content (AvgIpc) is 2.66. The number of hydrogen-bond donors (Lipinski definition) is 2. The summed E-state index contributed by atoms with van der Waals surface area (Å²) in [5, 5.41) is 17.9. The van der Waals surface area contributed by atoms with Crippen LogP contribution in [0.1, 0.15) is 43.2 Å². The second-order valence-corrected chi connectivity index (χ2v) is 6.83. The molecule has 0 radical (unpaired) electrons. The first-order valence-corrected chi connectivity index (χ1v) is 9.30. The van der Waals surface area contributed by atoms with Gasteiger partial charge in [0.1, 0.15) is 6.33 Å². The van der Waals surface area contributed by atoms with Gasteiger partial charge in [-0.05, 0) is 63.1 Å². The van der Waals surface area contributed by atoms with Crippen molar-refractivity contribution < 1.29 is 4.92 Å². The fourth-order valence-corrected chi connectivity index (χ4v) is 3.26. The summed E-state index contributed by atoms with van der Waals surface area (Å²) < 4.78 is 0. The van der Waals surface area contributed by atoms with E-state index in [-0.39, 0.29) is 17.3 Å². The van der Waals surface area contributed by atoms with Crippen LogP contribution in [0.25, 0.3) is 0 Å². The Hall–Kier alpha value is -2.96. The van der Waals surface area contributed by atoms with Crippen molar-refractivity contribution in [3.63, 3.8) is 0 Å². The molecule has 0 fully saturated rings.